The van der Waals surface area contributed by atoms with E-state index in [2.05, 4.69) is 36.8 Å². The summed E-state index contributed by atoms with van der Waals surface area (Å²) in [6.45, 7) is 0.254. The number of nitrogens with zero attached hydrogens (tertiary/aromatic N) is 4. The lowest BCUT2D eigenvalue weighted by atomic mass is 10.1. The highest BCUT2D eigenvalue weighted by Gasteiger charge is 2.14. The van der Waals surface area contributed by atoms with Crippen LogP contribution in [0.1, 0.15) is 15.9 Å². The molecule has 0 fully saturated rings. The Kier molecular flexibility index (Phi) is 5.14. The van der Waals surface area contributed by atoms with Gasteiger partial charge in [-0.3, -0.25) is 4.79 Å². The van der Waals surface area contributed by atoms with Crippen LogP contribution in [0.4, 0.5) is 0 Å². The molecule has 0 saturated carbocycles. The Morgan fingerprint density at radius 2 is 1.92 bits per heavy atom. The second-order valence-corrected chi connectivity index (χ2v) is 8.45. The maximum atomic E-state index is 12.6. The first-order valence-corrected chi connectivity index (χ1v) is 10.1. The van der Waals surface area contributed by atoms with Crippen molar-refractivity contribution in [2.75, 3.05) is 6.26 Å². The number of tetrazole rings is 1. The maximum Gasteiger partial charge on any atom is 0.253 e. The summed E-state index contributed by atoms with van der Waals surface area (Å²) < 4.78 is 25.1. The second kappa shape index (κ2) is 7.34. The molecule has 3 rings (SSSR count). The molecule has 1 aromatic heterocycles. The number of carbonyl (C=O) groups excluding carboxylic acids is 1. The van der Waals surface area contributed by atoms with Gasteiger partial charge in [-0.05, 0) is 46.3 Å². The number of aromatic nitrogens is 4. The molecule has 1 amide bonds. The number of nitrogens with one attached hydrogen (secondary N) is 1. The summed E-state index contributed by atoms with van der Waals surface area (Å²) in [4.78, 5) is 12.8. The van der Waals surface area contributed by atoms with E-state index in [9.17, 15) is 13.2 Å². The fourth-order valence-electron chi connectivity index (χ4n) is 2.29. The van der Waals surface area contributed by atoms with E-state index in [0.29, 0.717) is 11.3 Å². The molecule has 0 aliphatic rings. The van der Waals surface area contributed by atoms with Crippen LogP contribution in [0.3, 0.4) is 0 Å². The van der Waals surface area contributed by atoms with Gasteiger partial charge in [-0.25, -0.2) is 8.42 Å². The zero-order valence-electron chi connectivity index (χ0n) is 13.6. The van der Waals surface area contributed by atoms with Crippen molar-refractivity contribution in [3.63, 3.8) is 0 Å². The lowest BCUT2D eigenvalue weighted by Crippen LogP contribution is -2.24. The van der Waals surface area contributed by atoms with Crippen molar-refractivity contribution in [1.82, 2.24) is 25.5 Å². The molecule has 26 heavy (non-hydrogen) atoms. The van der Waals surface area contributed by atoms with Crippen LogP contribution >= 0.6 is 15.9 Å². The van der Waals surface area contributed by atoms with Gasteiger partial charge < -0.3 is 5.32 Å². The van der Waals surface area contributed by atoms with Crippen LogP contribution in [0.15, 0.2) is 58.2 Å². The van der Waals surface area contributed by atoms with E-state index in [4.69, 9.17) is 0 Å². The number of halogens is 1. The molecule has 0 radical (unpaired) electrons. The first-order valence-electron chi connectivity index (χ1n) is 7.45. The number of amides is 1. The van der Waals surface area contributed by atoms with Crippen LogP contribution in [0.5, 0.6) is 0 Å². The predicted octanol–water partition coefficient (Wildman–Crippen LogP) is 1.76. The molecule has 134 valence electrons. The lowest BCUT2D eigenvalue weighted by molar-refractivity contribution is 0.0950. The SMILES string of the molecule is CS(=O)(=O)c1ccc(CNC(=O)c2cc(Br)ccc2-n2cnnn2)cc1. The summed E-state index contributed by atoms with van der Waals surface area (Å²) in [5, 5.41) is 13.8. The Morgan fingerprint density at radius 3 is 2.54 bits per heavy atom. The van der Waals surface area contributed by atoms with Gasteiger partial charge in [0.1, 0.15) is 6.33 Å². The lowest BCUT2D eigenvalue weighted by Gasteiger charge is -2.10. The molecule has 0 unspecified atom stereocenters. The van der Waals surface area contributed by atoms with Gasteiger partial charge >= 0.3 is 0 Å². The van der Waals surface area contributed by atoms with Crippen molar-refractivity contribution >= 4 is 31.7 Å². The van der Waals surface area contributed by atoms with Crippen molar-refractivity contribution in [3.05, 3.63) is 64.4 Å². The quantitative estimate of drug-likeness (QED) is 0.653. The summed E-state index contributed by atoms with van der Waals surface area (Å²) in [6.07, 6.45) is 2.56. The van der Waals surface area contributed by atoms with Crippen LogP contribution in [-0.4, -0.2) is 40.8 Å². The van der Waals surface area contributed by atoms with E-state index in [0.717, 1.165) is 16.3 Å². The van der Waals surface area contributed by atoms with Crippen LogP contribution in [-0.2, 0) is 16.4 Å². The van der Waals surface area contributed by atoms with Crippen LogP contribution in [0.2, 0.25) is 0 Å². The van der Waals surface area contributed by atoms with Gasteiger partial charge in [0, 0.05) is 17.3 Å². The largest absolute Gasteiger partial charge is 0.348 e. The molecule has 8 nitrogen and oxygen atoms in total. The first kappa shape index (κ1) is 18.2. The van der Waals surface area contributed by atoms with Crippen molar-refractivity contribution in [1.29, 1.82) is 0 Å². The molecular formula is C16H14BrN5O3S. The Bertz CT molecular complexity index is 1030. The molecule has 2 aromatic carbocycles. The second-order valence-electron chi connectivity index (χ2n) is 5.51. The van der Waals surface area contributed by atoms with E-state index in [-0.39, 0.29) is 17.3 Å². The Hall–Kier alpha value is -2.59. The molecule has 0 atom stereocenters. The van der Waals surface area contributed by atoms with Crippen LogP contribution < -0.4 is 5.32 Å². The van der Waals surface area contributed by atoms with E-state index < -0.39 is 9.84 Å². The van der Waals surface area contributed by atoms with Gasteiger partial charge in [0.05, 0.1) is 16.1 Å². The Labute approximate surface area is 158 Å². The zero-order chi connectivity index (χ0) is 18.7. The van der Waals surface area contributed by atoms with Crippen molar-refractivity contribution in [3.8, 4) is 5.69 Å². The summed E-state index contributed by atoms with van der Waals surface area (Å²) in [7, 11) is -3.24. The van der Waals surface area contributed by atoms with E-state index in [1.165, 1.54) is 23.1 Å². The smallest absolute Gasteiger partial charge is 0.253 e. The minimum Gasteiger partial charge on any atom is -0.348 e. The fourth-order valence-corrected chi connectivity index (χ4v) is 3.29. The number of hydrogen-bond donors (Lipinski definition) is 1. The minimum atomic E-state index is -3.24. The summed E-state index contributed by atoms with van der Waals surface area (Å²) >= 11 is 3.35. The Balaban J connectivity index is 1.78. The molecule has 3 aromatic rings. The minimum absolute atomic E-state index is 0.237. The summed E-state index contributed by atoms with van der Waals surface area (Å²) in [6, 6.07) is 11.6. The van der Waals surface area contributed by atoms with Gasteiger partial charge in [0.25, 0.3) is 5.91 Å². The predicted molar refractivity (Wildman–Crippen MR) is 97.6 cm³/mol. The highest BCUT2D eigenvalue weighted by molar-refractivity contribution is 9.10. The fraction of sp³-hybridized carbons (Fsp3) is 0.125. The zero-order valence-corrected chi connectivity index (χ0v) is 16.0. The average molecular weight is 436 g/mol. The van der Waals surface area contributed by atoms with Crippen molar-refractivity contribution in [2.45, 2.75) is 11.4 Å². The third-order valence-corrected chi connectivity index (χ3v) is 5.23. The van der Waals surface area contributed by atoms with Gasteiger partial charge in [-0.15, -0.1) is 5.10 Å². The summed E-state index contributed by atoms with van der Waals surface area (Å²) in [5.41, 5.74) is 1.73. The van der Waals surface area contributed by atoms with Gasteiger partial charge in [0.15, 0.2) is 9.84 Å². The number of hydrogen-bond acceptors (Lipinski definition) is 6. The molecule has 10 heteroatoms. The number of sulfone groups is 1. The number of carbonyl (C=O) groups is 1. The molecule has 0 aliphatic carbocycles. The standard InChI is InChI=1S/C16H14BrN5O3S/c1-26(24,25)13-5-2-11(3-6-13)9-18-16(23)14-8-12(17)4-7-15(14)22-10-19-20-21-22/h2-8,10H,9H2,1H3,(H,18,23). The highest BCUT2D eigenvalue weighted by atomic mass is 79.9. The van der Waals surface area contributed by atoms with Crippen molar-refractivity contribution < 1.29 is 13.2 Å². The van der Waals surface area contributed by atoms with Gasteiger partial charge in [-0.2, -0.15) is 4.68 Å². The van der Waals surface area contributed by atoms with Crippen LogP contribution in [0, 0.1) is 0 Å². The molecule has 1 N–H and O–H groups in total. The maximum absolute atomic E-state index is 12.6. The highest BCUT2D eigenvalue weighted by Crippen LogP contribution is 2.19. The van der Waals surface area contributed by atoms with Crippen molar-refractivity contribution in [2.24, 2.45) is 0 Å². The van der Waals surface area contributed by atoms with E-state index >= 15 is 0 Å². The molecule has 0 saturated heterocycles. The van der Waals surface area contributed by atoms with Crippen LogP contribution in [0.25, 0.3) is 5.69 Å². The molecule has 0 aliphatic heterocycles. The average Bonchev–Trinajstić information content (AvgIpc) is 3.13. The topological polar surface area (TPSA) is 107 Å². The molecular weight excluding hydrogens is 422 g/mol. The third kappa shape index (κ3) is 4.14. The normalized spacial score (nSPS) is 11.3. The number of rotatable bonds is 5. The summed E-state index contributed by atoms with van der Waals surface area (Å²) in [5.74, 6) is -0.302. The third-order valence-electron chi connectivity index (χ3n) is 3.60. The van der Waals surface area contributed by atoms with Gasteiger partial charge in [0.2, 0.25) is 0 Å². The van der Waals surface area contributed by atoms with E-state index in [1.54, 1.807) is 30.3 Å². The van der Waals surface area contributed by atoms with Gasteiger partial charge in [-0.1, -0.05) is 28.1 Å². The Morgan fingerprint density at radius 1 is 1.19 bits per heavy atom. The molecule has 0 bridgehead atoms. The molecule has 1 heterocycles. The monoisotopic (exact) mass is 435 g/mol. The molecule has 0 spiro atoms. The first-order chi connectivity index (χ1) is 12.3. The van der Waals surface area contributed by atoms with E-state index in [1.807, 2.05) is 0 Å². The number of benzene rings is 2.